The van der Waals surface area contributed by atoms with E-state index in [-0.39, 0.29) is 18.5 Å². The molecular formula is C27H31FN10O. The largest absolute Gasteiger partial charge is 0.468 e. The number of piperidine rings is 1. The highest BCUT2D eigenvalue weighted by atomic mass is 19.1. The molecule has 2 aliphatic rings. The van der Waals surface area contributed by atoms with Crippen LogP contribution in [0.15, 0.2) is 58.8 Å². The normalized spacial score (nSPS) is 17.1. The molecule has 39 heavy (non-hydrogen) atoms. The van der Waals surface area contributed by atoms with Gasteiger partial charge in [0.05, 0.1) is 6.04 Å². The van der Waals surface area contributed by atoms with Gasteiger partial charge >= 0.3 is 0 Å². The van der Waals surface area contributed by atoms with E-state index >= 15 is 4.39 Å². The quantitative estimate of drug-likeness (QED) is 0.216. The molecule has 202 valence electrons. The number of fused-ring (bicyclic) bond motifs is 1. The van der Waals surface area contributed by atoms with Gasteiger partial charge in [-0.3, -0.25) is 5.10 Å². The lowest BCUT2D eigenvalue weighted by Crippen LogP contribution is -2.39. The van der Waals surface area contributed by atoms with Gasteiger partial charge in [-0.05, 0) is 57.5 Å². The number of rotatable bonds is 9. The molecule has 1 saturated carbocycles. The van der Waals surface area contributed by atoms with Gasteiger partial charge in [0.1, 0.15) is 24.3 Å². The molecule has 1 aliphatic heterocycles. The van der Waals surface area contributed by atoms with Crippen molar-refractivity contribution in [2.75, 3.05) is 25.1 Å². The summed E-state index contributed by atoms with van der Waals surface area (Å²) in [6, 6.07) is 7.48. The minimum absolute atomic E-state index is 0.0562. The highest BCUT2D eigenvalue weighted by Crippen LogP contribution is 2.39. The summed E-state index contributed by atoms with van der Waals surface area (Å²) in [5.41, 5.74) is 2.74. The van der Waals surface area contributed by atoms with Crippen molar-refractivity contribution in [3.8, 4) is 5.75 Å². The van der Waals surface area contributed by atoms with E-state index in [9.17, 15) is 0 Å². The molecule has 0 amide bonds. The predicted molar refractivity (Wildman–Crippen MR) is 148 cm³/mol. The smallest absolute Gasteiger partial charge is 0.181 e. The first-order chi connectivity index (χ1) is 19.1. The number of aromatic nitrogens is 6. The van der Waals surface area contributed by atoms with Gasteiger partial charge in [0, 0.05) is 53.4 Å². The maximum Gasteiger partial charge on any atom is 0.181 e. The Labute approximate surface area is 224 Å². The van der Waals surface area contributed by atoms with Crippen LogP contribution in [0.5, 0.6) is 5.75 Å². The van der Waals surface area contributed by atoms with Gasteiger partial charge in [0.2, 0.25) is 0 Å². The summed E-state index contributed by atoms with van der Waals surface area (Å²) in [5.74, 6) is 2.16. The van der Waals surface area contributed by atoms with Crippen LogP contribution in [0.1, 0.15) is 49.0 Å². The molecule has 3 N–H and O–H groups in total. The van der Waals surface area contributed by atoms with Crippen molar-refractivity contribution in [2.45, 2.75) is 44.6 Å². The Bertz CT molecular complexity index is 1510. The average molecular weight is 531 g/mol. The van der Waals surface area contributed by atoms with Gasteiger partial charge in [-0.15, -0.1) is 0 Å². The molecule has 11 nitrogen and oxygen atoms in total. The first-order valence-electron chi connectivity index (χ1n) is 13.1. The van der Waals surface area contributed by atoms with Crippen molar-refractivity contribution in [3.63, 3.8) is 0 Å². The summed E-state index contributed by atoms with van der Waals surface area (Å²) in [5, 5.41) is 15.5. The molecule has 0 spiro atoms. The monoisotopic (exact) mass is 530 g/mol. The van der Waals surface area contributed by atoms with Crippen LogP contribution in [0.25, 0.3) is 10.9 Å². The SMILES string of the molecule is C=N/C(=C\C(=N/COc1ccc2[nH]c(C)cc2c1F)N1CCC(n2cncn2)CC1)Nc1cc(C2CC2)[nH]n1. The molecule has 12 heteroatoms. The van der Waals surface area contributed by atoms with E-state index in [4.69, 9.17) is 9.73 Å². The lowest BCUT2D eigenvalue weighted by atomic mass is 10.1. The van der Waals surface area contributed by atoms with Crippen LogP contribution in [-0.4, -0.2) is 67.2 Å². The molecule has 4 heterocycles. The van der Waals surface area contributed by atoms with E-state index in [0.717, 1.165) is 42.8 Å². The molecule has 0 bridgehead atoms. The van der Waals surface area contributed by atoms with Crippen molar-refractivity contribution in [1.82, 2.24) is 34.8 Å². The Morgan fingerprint density at radius 3 is 2.85 bits per heavy atom. The fraction of sp³-hybridized carbons (Fsp3) is 0.370. The van der Waals surface area contributed by atoms with Crippen LogP contribution >= 0.6 is 0 Å². The number of halogens is 1. The second kappa shape index (κ2) is 10.7. The lowest BCUT2D eigenvalue weighted by Gasteiger charge is -2.33. The predicted octanol–water partition coefficient (Wildman–Crippen LogP) is 4.53. The second-order valence-corrected chi connectivity index (χ2v) is 9.97. The summed E-state index contributed by atoms with van der Waals surface area (Å²) in [6.07, 6.45) is 9.26. The van der Waals surface area contributed by atoms with Crippen LogP contribution in [0, 0.1) is 12.7 Å². The van der Waals surface area contributed by atoms with Gasteiger partial charge in [-0.25, -0.2) is 24.0 Å². The molecule has 1 aliphatic carbocycles. The number of aliphatic imine (C=N–C) groups is 2. The van der Waals surface area contributed by atoms with Crippen LogP contribution in [0.4, 0.5) is 10.2 Å². The Balaban J connectivity index is 1.21. The summed E-state index contributed by atoms with van der Waals surface area (Å²) in [4.78, 5) is 18.3. The van der Waals surface area contributed by atoms with Gasteiger partial charge in [0.15, 0.2) is 24.1 Å². The molecule has 2 fully saturated rings. The van der Waals surface area contributed by atoms with Crippen LogP contribution < -0.4 is 10.1 Å². The zero-order valence-corrected chi connectivity index (χ0v) is 21.8. The Morgan fingerprint density at radius 2 is 2.10 bits per heavy atom. The molecular weight excluding hydrogens is 499 g/mol. The molecule has 4 aromatic rings. The van der Waals surface area contributed by atoms with Gasteiger partial charge in [-0.2, -0.15) is 10.2 Å². The molecule has 3 aromatic heterocycles. The van der Waals surface area contributed by atoms with E-state index in [1.807, 2.05) is 29.8 Å². The number of aryl methyl sites for hydroxylation is 1. The number of hydrogen-bond donors (Lipinski definition) is 3. The average Bonchev–Trinajstić information content (AvgIpc) is 3.30. The molecule has 0 radical (unpaired) electrons. The second-order valence-electron chi connectivity index (χ2n) is 9.97. The number of likely N-dealkylation sites (tertiary alicyclic amines) is 1. The summed E-state index contributed by atoms with van der Waals surface area (Å²) in [6.45, 7) is 7.07. The number of anilines is 1. The van der Waals surface area contributed by atoms with Crippen molar-refractivity contribution >= 4 is 29.3 Å². The Kier molecular flexibility index (Phi) is 6.82. The number of amidine groups is 1. The highest BCUT2D eigenvalue weighted by molar-refractivity contribution is 5.94. The van der Waals surface area contributed by atoms with Crippen molar-refractivity contribution in [1.29, 1.82) is 0 Å². The maximum absolute atomic E-state index is 15.0. The standard InChI is InChI=1S/C27H31FN10O/c1-17-11-20-21(33-17)5-6-23(27(20)28)39-16-31-26(37-9-7-19(8-10-37)38-15-30-14-32-38)13-24(29-2)34-25-12-22(35-36-25)18-3-4-18/h5-6,11-15,18-19,33H,2-4,7-10,16H2,1H3,(H2,34,35,36)/b24-13+,31-26+. The van der Waals surface area contributed by atoms with Crippen LogP contribution in [0.3, 0.4) is 0 Å². The third-order valence-electron chi connectivity index (χ3n) is 7.19. The number of H-pyrrole nitrogens is 2. The first-order valence-corrected chi connectivity index (χ1v) is 13.1. The molecule has 1 aromatic carbocycles. The van der Waals surface area contributed by atoms with E-state index in [1.165, 1.54) is 12.8 Å². The lowest BCUT2D eigenvalue weighted by molar-refractivity contribution is 0.251. The molecule has 0 unspecified atom stereocenters. The number of benzene rings is 1. The summed E-state index contributed by atoms with van der Waals surface area (Å²) >= 11 is 0. The Hall–Kier alpha value is -4.48. The van der Waals surface area contributed by atoms with Gasteiger partial charge < -0.3 is 19.9 Å². The van der Waals surface area contributed by atoms with E-state index < -0.39 is 5.82 Å². The Morgan fingerprint density at radius 1 is 1.26 bits per heavy atom. The van der Waals surface area contributed by atoms with Crippen molar-refractivity contribution in [3.05, 3.63) is 66.0 Å². The van der Waals surface area contributed by atoms with E-state index in [1.54, 1.807) is 24.8 Å². The molecule has 1 saturated heterocycles. The van der Waals surface area contributed by atoms with Crippen molar-refractivity contribution < 1.29 is 9.13 Å². The highest BCUT2D eigenvalue weighted by Gasteiger charge is 2.26. The number of nitrogens with one attached hydrogen (secondary N) is 3. The third-order valence-corrected chi connectivity index (χ3v) is 7.19. The number of hydrogen-bond acceptors (Lipinski definition) is 7. The maximum atomic E-state index is 15.0. The van der Waals surface area contributed by atoms with Crippen LogP contribution in [0.2, 0.25) is 0 Å². The van der Waals surface area contributed by atoms with Crippen molar-refractivity contribution in [2.24, 2.45) is 9.98 Å². The van der Waals surface area contributed by atoms with E-state index in [2.05, 4.69) is 47.2 Å². The first kappa shape index (κ1) is 24.8. The summed E-state index contributed by atoms with van der Waals surface area (Å²) < 4.78 is 22.7. The zero-order valence-electron chi connectivity index (χ0n) is 21.8. The number of ether oxygens (including phenoxy) is 1. The fourth-order valence-corrected chi connectivity index (χ4v) is 4.95. The molecule has 0 atom stereocenters. The third kappa shape index (κ3) is 5.54. The van der Waals surface area contributed by atoms with E-state index in [0.29, 0.717) is 28.8 Å². The minimum atomic E-state index is -0.405. The minimum Gasteiger partial charge on any atom is -0.468 e. The zero-order chi connectivity index (χ0) is 26.8. The number of nitrogens with zero attached hydrogens (tertiary/aromatic N) is 7. The topological polar surface area (TPSA) is 124 Å². The van der Waals surface area contributed by atoms with Gasteiger partial charge in [-0.1, -0.05) is 0 Å². The molecule has 6 rings (SSSR count). The number of aromatic amines is 2. The van der Waals surface area contributed by atoms with Gasteiger partial charge in [0.25, 0.3) is 0 Å². The van der Waals surface area contributed by atoms with Crippen LogP contribution in [-0.2, 0) is 0 Å². The fourth-order valence-electron chi connectivity index (χ4n) is 4.95. The summed E-state index contributed by atoms with van der Waals surface area (Å²) in [7, 11) is 0.